The lowest BCUT2D eigenvalue weighted by atomic mass is 10.1. The molecule has 0 bridgehead atoms. The molecule has 2 rings (SSSR count). The fraction of sp³-hybridized carbons (Fsp3) is 0.417. The molecule has 1 aromatic carbocycles. The van der Waals surface area contributed by atoms with Crippen molar-refractivity contribution < 1.29 is 4.21 Å². The lowest BCUT2D eigenvalue weighted by molar-refractivity contribution is 0.624. The molecule has 1 N–H and O–H groups in total. The SMILES string of the molecule is N#Cc1cc(NC2CCS(=O)CC2)ccc1Cl. The molecule has 0 aromatic heterocycles. The van der Waals surface area contributed by atoms with Gasteiger partial charge in [0.25, 0.3) is 0 Å². The van der Waals surface area contributed by atoms with Crippen molar-refractivity contribution in [2.75, 3.05) is 16.8 Å². The van der Waals surface area contributed by atoms with Crippen molar-refractivity contribution in [1.82, 2.24) is 0 Å². The van der Waals surface area contributed by atoms with E-state index in [0.29, 0.717) is 16.6 Å². The van der Waals surface area contributed by atoms with Crippen LogP contribution < -0.4 is 5.32 Å². The van der Waals surface area contributed by atoms with E-state index in [4.69, 9.17) is 16.9 Å². The minimum absolute atomic E-state index is 0.348. The first-order chi connectivity index (χ1) is 8.19. The summed E-state index contributed by atoms with van der Waals surface area (Å²) in [4.78, 5) is 0. The highest BCUT2D eigenvalue weighted by Crippen LogP contribution is 2.22. The summed E-state index contributed by atoms with van der Waals surface area (Å²) < 4.78 is 11.2. The van der Waals surface area contributed by atoms with Gasteiger partial charge in [-0.25, -0.2) is 0 Å². The summed E-state index contributed by atoms with van der Waals surface area (Å²) in [7, 11) is -0.642. The van der Waals surface area contributed by atoms with Crippen molar-refractivity contribution in [2.24, 2.45) is 0 Å². The second kappa shape index (κ2) is 5.52. The molecule has 1 aliphatic rings. The van der Waals surface area contributed by atoms with Gasteiger partial charge in [0, 0.05) is 34.0 Å². The third-order valence-electron chi connectivity index (χ3n) is 2.85. The molecular weight excluding hydrogens is 256 g/mol. The first kappa shape index (κ1) is 12.4. The summed E-state index contributed by atoms with van der Waals surface area (Å²) in [6, 6.07) is 7.76. The summed E-state index contributed by atoms with van der Waals surface area (Å²) in [5.41, 5.74) is 1.39. The standard InChI is InChI=1S/C12H13ClN2OS/c13-12-2-1-11(7-9(12)8-14)15-10-3-5-17(16)6-4-10/h1-2,7,10,15H,3-6H2. The van der Waals surface area contributed by atoms with Crippen LogP contribution in [-0.4, -0.2) is 21.8 Å². The quantitative estimate of drug-likeness (QED) is 0.897. The number of halogens is 1. The van der Waals surface area contributed by atoms with E-state index in [-0.39, 0.29) is 0 Å². The highest BCUT2D eigenvalue weighted by atomic mass is 35.5. The molecule has 1 aromatic rings. The van der Waals surface area contributed by atoms with Crippen molar-refractivity contribution in [3.63, 3.8) is 0 Å². The zero-order chi connectivity index (χ0) is 12.3. The van der Waals surface area contributed by atoms with E-state index in [1.807, 2.05) is 6.07 Å². The van der Waals surface area contributed by atoms with Gasteiger partial charge in [-0.15, -0.1) is 0 Å². The molecule has 0 saturated carbocycles. The zero-order valence-corrected chi connectivity index (χ0v) is 10.9. The highest BCUT2D eigenvalue weighted by molar-refractivity contribution is 7.85. The van der Waals surface area contributed by atoms with Crippen molar-refractivity contribution in [3.8, 4) is 6.07 Å². The Labute approximate surface area is 108 Å². The Kier molecular flexibility index (Phi) is 4.03. The number of nitrogens with one attached hydrogen (secondary N) is 1. The second-order valence-electron chi connectivity index (χ2n) is 4.07. The van der Waals surface area contributed by atoms with Gasteiger partial charge < -0.3 is 5.32 Å². The summed E-state index contributed by atoms with van der Waals surface area (Å²) >= 11 is 5.87. The molecule has 0 amide bonds. The van der Waals surface area contributed by atoms with Gasteiger partial charge in [0.2, 0.25) is 0 Å². The lowest BCUT2D eigenvalue weighted by Gasteiger charge is -2.23. The van der Waals surface area contributed by atoms with Gasteiger partial charge in [-0.05, 0) is 31.0 Å². The van der Waals surface area contributed by atoms with E-state index in [2.05, 4.69) is 11.4 Å². The zero-order valence-electron chi connectivity index (χ0n) is 9.28. The maximum atomic E-state index is 11.2. The largest absolute Gasteiger partial charge is 0.382 e. The van der Waals surface area contributed by atoms with Gasteiger partial charge in [0.15, 0.2) is 0 Å². The second-order valence-corrected chi connectivity index (χ2v) is 6.18. The van der Waals surface area contributed by atoms with Gasteiger partial charge in [-0.1, -0.05) is 11.6 Å². The third-order valence-corrected chi connectivity index (χ3v) is 4.56. The topological polar surface area (TPSA) is 52.9 Å². The molecule has 1 fully saturated rings. The molecule has 0 aliphatic carbocycles. The van der Waals surface area contributed by atoms with Crippen molar-refractivity contribution >= 4 is 28.1 Å². The maximum Gasteiger partial charge on any atom is 0.101 e. The summed E-state index contributed by atoms with van der Waals surface area (Å²) in [5, 5.41) is 12.7. The number of benzene rings is 1. The number of nitriles is 1. The molecular formula is C12H13ClN2OS. The summed E-state index contributed by atoms with van der Waals surface area (Å²) in [5.74, 6) is 1.52. The minimum Gasteiger partial charge on any atom is -0.382 e. The molecule has 5 heteroatoms. The number of hydrogen-bond donors (Lipinski definition) is 1. The van der Waals surface area contributed by atoms with Gasteiger partial charge in [-0.3, -0.25) is 4.21 Å². The molecule has 0 atom stereocenters. The summed E-state index contributed by atoms with van der Waals surface area (Å²) in [6.45, 7) is 0. The fourth-order valence-electron chi connectivity index (χ4n) is 1.87. The molecule has 0 unspecified atom stereocenters. The van der Waals surface area contributed by atoms with Crippen LogP contribution in [0.4, 0.5) is 5.69 Å². The monoisotopic (exact) mass is 268 g/mol. The van der Waals surface area contributed by atoms with E-state index in [9.17, 15) is 4.21 Å². The average molecular weight is 269 g/mol. The molecule has 1 heterocycles. The predicted octanol–water partition coefficient (Wildman–Crippen LogP) is 2.53. The van der Waals surface area contributed by atoms with Crippen LogP contribution in [0, 0.1) is 11.3 Å². The maximum absolute atomic E-state index is 11.2. The van der Waals surface area contributed by atoms with Crippen molar-refractivity contribution in [3.05, 3.63) is 28.8 Å². The number of anilines is 1. The van der Waals surface area contributed by atoms with Crippen LogP contribution in [0.25, 0.3) is 0 Å². The van der Waals surface area contributed by atoms with Gasteiger partial charge in [0.05, 0.1) is 10.6 Å². The van der Waals surface area contributed by atoms with Crippen LogP contribution in [0.3, 0.4) is 0 Å². The van der Waals surface area contributed by atoms with Gasteiger partial charge >= 0.3 is 0 Å². The number of nitrogens with zero attached hydrogens (tertiary/aromatic N) is 1. The average Bonchev–Trinajstić information content (AvgIpc) is 2.34. The van der Waals surface area contributed by atoms with Crippen LogP contribution in [-0.2, 0) is 10.8 Å². The Balaban J connectivity index is 2.04. The molecule has 90 valence electrons. The third kappa shape index (κ3) is 3.21. The molecule has 0 spiro atoms. The molecule has 17 heavy (non-hydrogen) atoms. The minimum atomic E-state index is -0.642. The van der Waals surface area contributed by atoms with Gasteiger partial charge in [-0.2, -0.15) is 5.26 Å². The van der Waals surface area contributed by atoms with E-state index in [1.54, 1.807) is 12.1 Å². The first-order valence-electron chi connectivity index (χ1n) is 5.50. The first-order valence-corrected chi connectivity index (χ1v) is 7.37. The van der Waals surface area contributed by atoms with Crippen molar-refractivity contribution in [1.29, 1.82) is 5.26 Å². The van der Waals surface area contributed by atoms with Crippen LogP contribution in [0.1, 0.15) is 18.4 Å². The normalized spacial score (nSPS) is 24.0. The predicted molar refractivity (Wildman–Crippen MR) is 70.7 cm³/mol. The number of rotatable bonds is 2. The fourth-order valence-corrected chi connectivity index (χ4v) is 3.33. The molecule has 1 aliphatic heterocycles. The molecule has 3 nitrogen and oxygen atoms in total. The Morgan fingerprint density at radius 1 is 1.41 bits per heavy atom. The lowest BCUT2D eigenvalue weighted by Crippen LogP contribution is -2.29. The van der Waals surface area contributed by atoms with E-state index >= 15 is 0 Å². The highest BCUT2D eigenvalue weighted by Gasteiger charge is 2.17. The Morgan fingerprint density at radius 2 is 2.12 bits per heavy atom. The molecule has 1 saturated heterocycles. The summed E-state index contributed by atoms with van der Waals surface area (Å²) in [6.07, 6.45) is 1.83. The Bertz CT molecular complexity index is 474. The van der Waals surface area contributed by atoms with Crippen molar-refractivity contribution in [2.45, 2.75) is 18.9 Å². The number of hydrogen-bond acceptors (Lipinski definition) is 3. The Morgan fingerprint density at radius 3 is 2.76 bits per heavy atom. The smallest absolute Gasteiger partial charge is 0.101 e. The molecule has 0 radical (unpaired) electrons. The Hall–Kier alpha value is -1.05. The van der Waals surface area contributed by atoms with E-state index in [1.165, 1.54) is 0 Å². The van der Waals surface area contributed by atoms with Crippen LogP contribution >= 0.6 is 11.6 Å². The van der Waals surface area contributed by atoms with Crippen LogP contribution in [0.5, 0.6) is 0 Å². The van der Waals surface area contributed by atoms with Crippen LogP contribution in [0.2, 0.25) is 5.02 Å². The van der Waals surface area contributed by atoms with E-state index in [0.717, 1.165) is 30.0 Å². The van der Waals surface area contributed by atoms with Gasteiger partial charge in [0.1, 0.15) is 6.07 Å². The van der Waals surface area contributed by atoms with E-state index < -0.39 is 10.8 Å². The van der Waals surface area contributed by atoms with Crippen LogP contribution in [0.15, 0.2) is 18.2 Å².